The topological polar surface area (TPSA) is 18.5 Å². The molecule has 0 aliphatic carbocycles. The molecule has 0 saturated carbocycles. The fourth-order valence-electron chi connectivity index (χ4n) is 3.24. The second-order valence-corrected chi connectivity index (χ2v) is 7.44. The highest BCUT2D eigenvalue weighted by Gasteiger charge is 2.52. The zero-order valence-corrected chi connectivity index (χ0v) is 12.5. The van der Waals surface area contributed by atoms with Crippen LogP contribution in [0.1, 0.15) is 33.1 Å². The largest absolute Gasteiger partial charge is 0.381 e. The molecule has 0 amide bonds. The molecule has 2 fully saturated rings. The van der Waals surface area contributed by atoms with E-state index in [9.17, 15) is 0 Å². The fraction of sp³-hybridized carbons (Fsp3) is 0.625. The van der Waals surface area contributed by atoms with Crippen LogP contribution in [0.3, 0.4) is 0 Å². The molecule has 2 heterocycles. The van der Waals surface area contributed by atoms with Crippen molar-refractivity contribution >= 4 is 11.8 Å². The van der Waals surface area contributed by atoms with Crippen molar-refractivity contribution in [3.63, 3.8) is 0 Å². The van der Waals surface area contributed by atoms with E-state index < -0.39 is 0 Å². The molecule has 1 unspecified atom stereocenters. The van der Waals surface area contributed by atoms with Gasteiger partial charge in [-0.25, -0.2) is 0 Å². The van der Waals surface area contributed by atoms with Gasteiger partial charge < -0.3 is 9.47 Å². The van der Waals surface area contributed by atoms with Crippen molar-refractivity contribution in [3.8, 4) is 0 Å². The minimum Gasteiger partial charge on any atom is -0.381 e. The Bertz CT molecular complexity index is 424. The molecule has 1 aromatic rings. The number of benzene rings is 1. The number of thioether (sulfide) groups is 1. The first-order chi connectivity index (χ1) is 9.10. The third-order valence-electron chi connectivity index (χ3n) is 4.10. The molecule has 1 spiro atoms. The first-order valence-corrected chi connectivity index (χ1v) is 7.97. The van der Waals surface area contributed by atoms with Crippen molar-refractivity contribution in [2.24, 2.45) is 0 Å². The Morgan fingerprint density at radius 3 is 2.47 bits per heavy atom. The summed E-state index contributed by atoms with van der Waals surface area (Å²) in [5.41, 5.74) is 0.00600. The average Bonchev–Trinajstić information content (AvgIpc) is 2.62. The van der Waals surface area contributed by atoms with Gasteiger partial charge in [-0.05, 0) is 32.4 Å². The van der Waals surface area contributed by atoms with Crippen LogP contribution in [0, 0.1) is 0 Å². The molecule has 1 aromatic carbocycles. The first-order valence-electron chi connectivity index (χ1n) is 7.09. The van der Waals surface area contributed by atoms with Crippen molar-refractivity contribution in [3.05, 3.63) is 30.3 Å². The monoisotopic (exact) mass is 278 g/mol. The van der Waals surface area contributed by atoms with Crippen LogP contribution in [0.4, 0.5) is 0 Å². The van der Waals surface area contributed by atoms with Gasteiger partial charge >= 0.3 is 0 Å². The Morgan fingerprint density at radius 2 is 1.79 bits per heavy atom. The minimum absolute atomic E-state index is 0.0101. The standard InChI is InChI=1S/C16H22O2S/c1-15(2)12-14(19-13-6-4-3-5-7-13)16(18-15)8-10-17-11-9-16/h3-7,14H,8-12H2,1-2H3. The Labute approximate surface area is 119 Å². The lowest BCUT2D eigenvalue weighted by atomic mass is 9.90. The van der Waals surface area contributed by atoms with Gasteiger partial charge in [-0.1, -0.05) is 18.2 Å². The summed E-state index contributed by atoms with van der Waals surface area (Å²) in [5, 5.41) is 0.536. The van der Waals surface area contributed by atoms with E-state index in [0.29, 0.717) is 5.25 Å². The summed E-state index contributed by atoms with van der Waals surface area (Å²) in [6.07, 6.45) is 3.18. The summed E-state index contributed by atoms with van der Waals surface area (Å²) >= 11 is 1.98. The van der Waals surface area contributed by atoms with E-state index in [2.05, 4.69) is 44.2 Å². The normalized spacial score (nSPS) is 28.6. The molecular formula is C16H22O2S. The summed E-state index contributed by atoms with van der Waals surface area (Å²) in [6, 6.07) is 10.7. The van der Waals surface area contributed by atoms with Crippen LogP contribution in [0.15, 0.2) is 35.2 Å². The maximum Gasteiger partial charge on any atom is 0.0856 e. The molecule has 2 aliphatic rings. The third kappa shape index (κ3) is 2.83. The van der Waals surface area contributed by atoms with Crippen LogP contribution in [0.25, 0.3) is 0 Å². The average molecular weight is 278 g/mol. The summed E-state index contributed by atoms with van der Waals surface area (Å²) in [5.74, 6) is 0. The van der Waals surface area contributed by atoms with Crippen molar-refractivity contribution in [1.29, 1.82) is 0 Å². The highest BCUT2D eigenvalue weighted by atomic mass is 32.2. The second-order valence-electron chi connectivity index (χ2n) is 6.16. The molecule has 0 radical (unpaired) electrons. The van der Waals surface area contributed by atoms with Crippen LogP contribution in [-0.2, 0) is 9.47 Å². The first kappa shape index (κ1) is 13.5. The van der Waals surface area contributed by atoms with Crippen molar-refractivity contribution < 1.29 is 9.47 Å². The number of hydrogen-bond donors (Lipinski definition) is 0. The number of hydrogen-bond acceptors (Lipinski definition) is 3. The maximum atomic E-state index is 6.46. The Morgan fingerprint density at radius 1 is 1.11 bits per heavy atom. The number of ether oxygens (including phenoxy) is 2. The lowest BCUT2D eigenvalue weighted by Gasteiger charge is -2.38. The van der Waals surface area contributed by atoms with E-state index in [1.54, 1.807) is 0 Å². The lowest BCUT2D eigenvalue weighted by Crippen LogP contribution is -2.43. The van der Waals surface area contributed by atoms with Gasteiger partial charge in [0.25, 0.3) is 0 Å². The van der Waals surface area contributed by atoms with E-state index in [4.69, 9.17) is 9.47 Å². The Balaban J connectivity index is 1.81. The van der Waals surface area contributed by atoms with Gasteiger partial charge in [0.15, 0.2) is 0 Å². The van der Waals surface area contributed by atoms with E-state index in [1.165, 1.54) is 4.90 Å². The molecule has 2 saturated heterocycles. The Kier molecular flexibility index (Phi) is 3.63. The number of rotatable bonds is 2. The summed E-state index contributed by atoms with van der Waals surface area (Å²) < 4.78 is 12.0. The summed E-state index contributed by atoms with van der Waals surface area (Å²) in [6.45, 7) is 6.11. The van der Waals surface area contributed by atoms with Gasteiger partial charge in [0.05, 0.1) is 11.2 Å². The predicted molar refractivity (Wildman–Crippen MR) is 78.7 cm³/mol. The van der Waals surface area contributed by atoms with E-state index in [0.717, 1.165) is 32.5 Å². The summed E-state index contributed by atoms with van der Waals surface area (Å²) in [4.78, 5) is 1.35. The molecule has 0 aromatic heterocycles. The second kappa shape index (κ2) is 5.12. The molecule has 0 N–H and O–H groups in total. The molecular weight excluding hydrogens is 256 g/mol. The van der Waals surface area contributed by atoms with E-state index in [-0.39, 0.29) is 11.2 Å². The highest BCUT2D eigenvalue weighted by Crippen LogP contribution is 2.50. The van der Waals surface area contributed by atoms with Crippen LogP contribution in [0.5, 0.6) is 0 Å². The maximum absolute atomic E-state index is 6.46. The van der Waals surface area contributed by atoms with Crippen LogP contribution >= 0.6 is 11.8 Å². The Hall–Kier alpha value is -0.510. The molecule has 0 bridgehead atoms. The molecule has 19 heavy (non-hydrogen) atoms. The van der Waals surface area contributed by atoms with E-state index >= 15 is 0 Å². The smallest absolute Gasteiger partial charge is 0.0856 e. The molecule has 1 atom stereocenters. The van der Waals surface area contributed by atoms with Crippen LogP contribution in [-0.4, -0.2) is 29.7 Å². The van der Waals surface area contributed by atoms with E-state index in [1.807, 2.05) is 11.8 Å². The third-order valence-corrected chi connectivity index (χ3v) is 5.53. The predicted octanol–water partition coefficient (Wildman–Crippen LogP) is 3.90. The quantitative estimate of drug-likeness (QED) is 0.817. The lowest BCUT2D eigenvalue weighted by molar-refractivity contribution is -0.130. The minimum atomic E-state index is -0.0101. The molecule has 104 valence electrons. The van der Waals surface area contributed by atoms with Gasteiger partial charge in [0.2, 0.25) is 0 Å². The zero-order valence-electron chi connectivity index (χ0n) is 11.7. The van der Waals surface area contributed by atoms with Crippen LogP contribution < -0.4 is 0 Å². The van der Waals surface area contributed by atoms with Gasteiger partial charge in [-0.15, -0.1) is 11.8 Å². The highest BCUT2D eigenvalue weighted by molar-refractivity contribution is 8.00. The van der Waals surface area contributed by atoms with Crippen molar-refractivity contribution in [2.75, 3.05) is 13.2 Å². The fourth-order valence-corrected chi connectivity index (χ4v) is 4.87. The van der Waals surface area contributed by atoms with Gasteiger partial charge in [0, 0.05) is 36.2 Å². The summed E-state index contributed by atoms with van der Waals surface area (Å²) in [7, 11) is 0. The van der Waals surface area contributed by atoms with Crippen molar-refractivity contribution in [1.82, 2.24) is 0 Å². The SMILES string of the molecule is CC1(C)CC(Sc2ccccc2)C2(CCOCC2)O1. The van der Waals surface area contributed by atoms with Gasteiger partial charge in [0.1, 0.15) is 0 Å². The zero-order chi connectivity index (χ0) is 13.3. The molecule has 3 heteroatoms. The molecule has 2 nitrogen and oxygen atoms in total. The van der Waals surface area contributed by atoms with Gasteiger partial charge in [-0.2, -0.15) is 0 Å². The molecule has 3 rings (SSSR count). The van der Waals surface area contributed by atoms with Crippen LogP contribution in [0.2, 0.25) is 0 Å². The molecule has 2 aliphatic heterocycles. The van der Waals surface area contributed by atoms with Gasteiger partial charge in [-0.3, -0.25) is 0 Å². The van der Waals surface area contributed by atoms with Crippen molar-refractivity contribution in [2.45, 2.75) is 54.5 Å².